The number of piperazine rings is 1. The molecule has 1 aromatic carbocycles. The van der Waals surface area contributed by atoms with Crippen molar-refractivity contribution in [1.29, 1.82) is 0 Å². The zero-order valence-electron chi connectivity index (χ0n) is 19.1. The second-order valence-electron chi connectivity index (χ2n) is 8.40. The Morgan fingerprint density at radius 2 is 1.58 bits per heavy atom. The van der Waals surface area contributed by atoms with Gasteiger partial charge in [-0.2, -0.15) is 4.31 Å². The molecule has 0 saturated carbocycles. The van der Waals surface area contributed by atoms with E-state index in [9.17, 15) is 8.42 Å². The molecule has 3 heterocycles. The Morgan fingerprint density at radius 1 is 0.968 bits per heavy atom. The van der Waals surface area contributed by atoms with Crippen LogP contribution in [0.1, 0.15) is 39.9 Å². The highest BCUT2D eigenvalue weighted by Crippen LogP contribution is 2.36. The van der Waals surface area contributed by atoms with Crippen LogP contribution in [0.25, 0.3) is 10.2 Å². The lowest BCUT2D eigenvalue weighted by Crippen LogP contribution is -2.49. The van der Waals surface area contributed by atoms with Gasteiger partial charge in [0.15, 0.2) is 0 Å². The van der Waals surface area contributed by atoms with Crippen molar-refractivity contribution in [3.63, 3.8) is 0 Å². The van der Waals surface area contributed by atoms with E-state index >= 15 is 0 Å². The predicted octanol–water partition coefficient (Wildman–Crippen LogP) is 4.31. The largest absolute Gasteiger partial charge is 0.353 e. The number of thiophene rings is 1. The lowest BCUT2D eigenvalue weighted by atomic mass is 10.1. The molecular formula is C23H30N4O2S2. The van der Waals surface area contributed by atoms with Gasteiger partial charge < -0.3 is 4.90 Å². The fraction of sp³-hybridized carbons (Fsp3) is 0.478. The second-order valence-corrected chi connectivity index (χ2v) is 11.5. The highest BCUT2D eigenvalue weighted by atomic mass is 32.2. The van der Waals surface area contributed by atoms with Gasteiger partial charge in [-0.3, -0.25) is 0 Å². The maximum Gasteiger partial charge on any atom is 0.243 e. The molecule has 31 heavy (non-hydrogen) atoms. The molecule has 1 saturated heterocycles. The Hall–Kier alpha value is -2.03. The molecule has 0 aliphatic carbocycles. The van der Waals surface area contributed by atoms with Gasteiger partial charge >= 0.3 is 0 Å². The number of sulfonamides is 1. The number of anilines is 1. The van der Waals surface area contributed by atoms with Crippen LogP contribution < -0.4 is 4.90 Å². The first-order valence-electron chi connectivity index (χ1n) is 10.7. The Kier molecular flexibility index (Phi) is 5.83. The Bertz CT molecular complexity index is 1230. The first kappa shape index (κ1) is 22.2. The quantitative estimate of drug-likeness (QED) is 0.583. The van der Waals surface area contributed by atoms with Crippen molar-refractivity contribution in [2.75, 3.05) is 31.1 Å². The van der Waals surface area contributed by atoms with Crippen LogP contribution in [0, 0.1) is 34.6 Å². The third-order valence-electron chi connectivity index (χ3n) is 6.11. The first-order valence-corrected chi connectivity index (χ1v) is 13.0. The van der Waals surface area contributed by atoms with E-state index in [1.54, 1.807) is 15.6 Å². The van der Waals surface area contributed by atoms with Crippen LogP contribution >= 0.6 is 11.3 Å². The smallest absolute Gasteiger partial charge is 0.243 e. The van der Waals surface area contributed by atoms with Gasteiger partial charge in [-0.1, -0.05) is 24.6 Å². The fourth-order valence-corrected chi connectivity index (χ4v) is 7.38. The number of rotatable bonds is 4. The molecule has 1 fully saturated rings. The topological polar surface area (TPSA) is 66.4 Å². The second kappa shape index (κ2) is 8.15. The molecule has 0 bridgehead atoms. The van der Waals surface area contributed by atoms with E-state index in [0.29, 0.717) is 31.1 Å². The summed E-state index contributed by atoms with van der Waals surface area (Å²) in [6.07, 6.45) is 0.777. The minimum absolute atomic E-state index is 0.449. The summed E-state index contributed by atoms with van der Waals surface area (Å²) in [5.41, 5.74) is 3.93. The summed E-state index contributed by atoms with van der Waals surface area (Å²) in [4.78, 5) is 14.5. The van der Waals surface area contributed by atoms with Crippen LogP contribution in [0.2, 0.25) is 0 Å². The zero-order chi connectivity index (χ0) is 22.5. The lowest BCUT2D eigenvalue weighted by molar-refractivity contribution is 0.383. The van der Waals surface area contributed by atoms with E-state index in [-0.39, 0.29) is 0 Å². The molecule has 3 aromatic rings. The molecule has 166 valence electrons. The molecule has 0 N–H and O–H groups in total. The zero-order valence-corrected chi connectivity index (χ0v) is 20.7. The lowest BCUT2D eigenvalue weighted by Gasteiger charge is -2.35. The number of aromatic nitrogens is 2. The highest BCUT2D eigenvalue weighted by Gasteiger charge is 2.32. The predicted molar refractivity (Wildman–Crippen MR) is 128 cm³/mol. The summed E-state index contributed by atoms with van der Waals surface area (Å²) in [6, 6.07) is 3.89. The van der Waals surface area contributed by atoms with Gasteiger partial charge in [-0.15, -0.1) is 11.3 Å². The van der Waals surface area contributed by atoms with E-state index in [1.807, 2.05) is 32.9 Å². The van der Waals surface area contributed by atoms with Gasteiger partial charge in [0.1, 0.15) is 16.5 Å². The summed E-state index contributed by atoms with van der Waals surface area (Å²) >= 11 is 1.71. The van der Waals surface area contributed by atoms with Crippen LogP contribution in [0.3, 0.4) is 0 Å². The minimum Gasteiger partial charge on any atom is -0.353 e. The summed E-state index contributed by atoms with van der Waals surface area (Å²) in [7, 11) is -3.53. The number of aryl methyl sites for hydroxylation is 6. The number of hydrogen-bond donors (Lipinski definition) is 0. The SMILES string of the molecule is CCc1nc(N2CCN(S(=O)(=O)c3c(C)cc(C)cc3C)CC2)c2c(C)c(C)sc2n1. The number of nitrogens with zero attached hydrogens (tertiary/aromatic N) is 4. The third-order valence-corrected chi connectivity index (χ3v) is 9.42. The average molecular weight is 459 g/mol. The van der Waals surface area contributed by atoms with Crippen LogP contribution in [-0.4, -0.2) is 48.9 Å². The van der Waals surface area contributed by atoms with Crippen molar-refractivity contribution in [2.45, 2.75) is 52.9 Å². The van der Waals surface area contributed by atoms with Crippen molar-refractivity contribution in [3.05, 3.63) is 45.1 Å². The van der Waals surface area contributed by atoms with Crippen LogP contribution in [-0.2, 0) is 16.4 Å². The molecule has 1 aliphatic rings. The van der Waals surface area contributed by atoms with E-state index in [1.165, 1.54) is 10.4 Å². The third kappa shape index (κ3) is 3.85. The van der Waals surface area contributed by atoms with E-state index in [4.69, 9.17) is 9.97 Å². The maximum absolute atomic E-state index is 13.4. The van der Waals surface area contributed by atoms with Gasteiger partial charge in [0.25, 0.3) is 0 Å². The molecule has 8 heteroatoms. The minimum atomic E-state index is -3.53. The Balaban J connectivity index is 1.64. The number of hydrogen-bond acceptors (Lipinski definition) is 6. The molecule has 0 radical (unpaired) electrons. The Morgan fingerprint density at radius 3 is 2.16 bits per heavy atom. The molecule has 0 unspecified atom stereocenters. The van der Waals surface area contributed by atoms with Gasteiger partial charge in [-0.05, 0) is 51.3 Å². The molecule has 4 rings (SSSR count). The van der Waals surface area contributed by atoms with E-state index < -0.39 is 10.0 Å². The van der Waals surface area contributed by atoms with Gasteiger partial charge in [-0.25, -0.2) is 18.4 Å². The monoisotopic (exact) mass is 458 g/mol. The summed E-state index contributed by atoms with van der Waals surface area (Å²) in [5.74, 6) is 1.79. The standard InChI is InChI=1S/C23H30N4O2S2/c1-7-19-24-22(20-17(5)18(6)30-23(20)25-19)26-8-10-27(11-9-26)31(28,29)21-15(3)12-14(2)13-16(21)4/h12-13H,7-11H2,1-6H3. The van der Waals surface area contributed by atoms with Gasteiger partial charge in [0.2, 0.25) is 10.0 Å². The van der Waals surface area contributed by atoms with Gasteiger partial charge in [0, 0.05) is 37.5 Å². The van der Waals surface area contributed by atoms with E-state index in [0.717, 1.165) is 45.0 Å². The molecule has 6 nitrogen and oxygen atoms in total. The van der Waals surface area contributed by atoms with Crippen LogP contribution in [0.5, 0.6) is 0 Å². The van der Waals surface area contributed by atoms with Crippen molar-refractivity contribution in [1.82, 2.24) is 14.3 Å². The Labute approximate surface area is 189 Å². The molecule has 0 amide bonds. The van der Waals surface area contributed by atoms with E-state index in [2.05, 4.69) is 25.7 Å². The molecular weight excluding hydrogens is 428 g/mol. The summed E-state index contributed by atoms with van der Waals surface area (Å²) < 4.78 is 28.5. The van der Waals surface area contributed by atoms with Crippen molar-refractivity contribution in [2.24, 2.45) is 0 Å². The highest BCUT2D eigenvalue weighted by molar-refractivity contribution is 7.89. The van der Waals surface area contributed by atoms with Crippen molar-refractivity contribution < 1.29 is 8.42 Å². The normalized spacial score (nSPS) is 15.7. The van der Waals surface area contributed by atoms with Crippen LogP contribution in [0.4, 0.5) is 5.82 Å². The van der Waals surface area contributed by atoms with Crippen LogP contribution in [0.15, 0.2) is 17.0 Å². The molecule has 1 aliphatic heterocycles. The molecule has 0 atom stereocenters. The maximum atomic E-state index is 13.4. The fourth-order valence-electron chi connectivity index (χ4n) is 4.50. The number of fused-ring (bicyclic) bond motifs is 1. The van der Waals surface area contributed by atoms with Gasteiger partial charge in [0.05, 0.1) is 10.3 Å². The summed E-state index contributed by atoms with van der Waals surface area (Å²) in [6.45, 7) is 14.2. The van der Waals surface area contributed by atoms with Crippen molar-refractivity contribution >= 4 is 37.4 Å². The first-order chi connectivity index (χ1) is 14.6. The average Bonchev–Trinajstić information content (AvgIpc) is 3.00. The number of benzene rings is 1. The van der Waals surface area contributed by atoms with Crippen molar-refractivity contribution in [3.8, 4) is 0 Å². The molecule has 2 aromatic heterocycles. The molecule has 0 spiro atoms. The summed E-state index contributed by atoms with van der Waals surface area (Å²) in [5, 5.41) is 1.11.